The van der Waals surface area contributed by atoms with E-state index in [1.165, 1.54) is 0 Å². The number of carbonyl (C=O) groups is 2. The molecule has 2 amide bonds. The SMILES string of the molecule is CCCOc1ccc(NC(=O)C(N)CC(N)=O)cc1Cl.Cl. The first-order valence-corrected chi connectivity index (χ1v) is 6.59. The van der Waals surface area contributed by atoms with Gasteiger partial charge in [-0.25, -0.2) is 0 Å². The minimum absolute atomic E-state index is 0. The normalized spacial score (nSPS) is 11.2. The van der Waals surface area contributed by atoms with Gasteiger partial charge in [0.15, 0.2) is 0 Å². The molecule has 0 radical (unpaired) electrons. The van der Waals surface area contributed by atoms with E-state index < -0.39 is 17.9 Å². The number of amides is 2. The van der Waals surface area contributed by atoms with Crippen molar-refractivity contribution in [3.63, 3.8) is 0 Å². The van der Waals surface area contributed by atoms with Crippen molar-refractivity contribution in [2.75, 3.05) is 11.9 Å². The van der Waals surface area contributed by atoms with Gasteiger partial charge in [-0.3, -0.25) is 9.59 Å². The highest BCUT2D eigenvalue weighted by Crippen LogP contribution is 2.27. The maximum Gasteiger partial charge on any atom is 0.241 e. The summed E-state index contributed by atoms with van der Waals surface area (Å²) in [4.78, 5) is 22.4. The van der Waals surface area contributed by atoms with E-state index in [0.29, 0.717) is 23.1 Å². The van der Waals surface area contributed by atoms with E-state index in [-0.39, 0.29) is 18.8 Å². The fourth-order valence-electron chi connectivity index (χ4n) is 1.45. The molecule has 0 aliphatic rings. The molecule has 0 saturated heterocycles. The summed E-state index contributed by atoms with van der Waals surface area (Å²) in [6, 6.07) is 3.88. The fourth-order valence-corrected chi connectivity index (χ4v) is 1.69. The predicted octanol–water partition coefficient (Wildman–Crippen LogP) is 1.69. The Bertz CT molecular complexity index is 498. The Balaban J connectivity index is 0.00000400. The van der Waals surface area contributed by atoms with Gasteiger partial charge in [0.2, 0.25) is 11.8 Å². The average molecular weight is 336 g/mol. The number of ether oxygens (including phenoxy) is 1. The number of nitrogens with one attached hydrogen (secondary N) is 1. The molecule has 1 atom stereocenters. The number of anilines is 1. The Morgan fingerprint density at radius 2 is 2.10 bits per heavy atom. The monoisotopic (exact) mass is 335 g/mol. The zero-order valence-electron chi connectivity index (χ0n) is 11.6. The van der Waals surface area contributed by atoms with Crippen molar-refractivity contribution in [1.29, 1.82) is 0 Å². The number of nitrogens with two attached hydrogens (primary N) is 2. The summed E-state index contributed by atoms with van der Waals surface area (Å²) in [6.45, 7) is 2.55. The molecule has 5 N–H and O–H groups in total. The van der Waals surface area contributed by atoms with Gasteiger partial charge < -0.3 is 21.5 Å². The average Bonchev–Trinajstić information content (AvgIpc) is 2.37. The minimum atomic E-state index is -0.984. The number of primary amides is 1. The molecule has 0 spiro atoms. The molecule has 1 rings (SSSR count). The molecule has 0 saturated carbocycles. The number of hydrogen-bond acceptors (Lipinski definition) is 4. The fraction of sp³-hybridized carbons (Fsp3) is 0.385. The lowest BCUT2D eigenvalue weighted by atomic mass is 10.2. The molecule has 118 valence electrons. The minimum Gasteiger partial charge on any atom is -0.492 e. The van der Waals surface area contributed by atoms with Gasteiger partial charge in [-0.2, -0.15) is 0 Å². The van der Waals surface area contributed by atoms with E-state index in [2.05, 4.69) is 5.32 Å². The van der Waals surface area contributed by atoms with E-state index in [9.17, 15) is 9.59 Å². The maximum absolute atomic E-state index is 11.7. The Kier molecular flexibility index (Phi) is 8.76. The predicted molar refractivity (Wildman–Crippen MR) is 84.9 cm³/mol. The van der Waals surface area contributed by atoms with Gasteiger partial charge in [-0.05, 0) is 24.6 Å². The lowest BCUT2D eigenvalue weighted by Crippen LogP contribution is -2.38. The Morgan fingerprint density at radius 3 is 2.62 bits per heavy atom. The molecule has 0 bridgehead atoms. The smallest absolute Gasteiger partial charge is 0.241 e. The molecule has 6 nitrogen and oxygen atoms in total. The number of halogens is 2. The van der Waals surface area contributed by atoms with Crippen molar-refractivity contribution >= 4 is 41.5 Å². The van der Waals surface area contributed by atoms with Gasteiger partial charge in [-0.1, -0.05) is 18.5 Å². The molecule has 1 unspecified atom stereocenters. The van der Waals surface area contributed by atoms with Crippen molar-refractivity contribution in [3.05, 3.63) is 23.2 Å². The zero-order chi connectivity index (χ0) is 15.1. The van der Waals surface area contributed by atoms with Crippen LogP contribution < -0.4 is 21.5 Å². The van der Waals surface area contributed by atoms with E-state index in [1.807, 2.05) is 6.92 Å². The zero-order valence-corrected chi connectivity index (χ0v) is 13.2. The number of carbonyl (C=O) groups excluding carboxylic acids is 2. The lowest BCUT2D eigenvalue weighted by Gasteiger charge is -2.12. The number of hydrogen-bond donors (Lipinski definition) is 3. The second kappa shape index (κ2) is 9.44. The molecular weight excluding hydrogens is 317 g/mol. The van der Waals surface area contributed by atoms with Crippen LogP contribution in [0.25, 0.3) is 0 Å². The van der Waals surface area contributed by atoms with Crippen LogP contribution in [0.4, 0.5) is 5.69 Å². The first kappa shape index (κ1) is 19.5. The van der Waals surface area contributed by atoms with Gasteiger partial charge >= 0.3 is 0 Å². The molecule has 1 aromatic rings. The van der Waals surface area contributed by atoms with Crippen LogP contribution in [0.2, 0.25) is 5.02 Å². The van der Waals surface area contributed by atoms with E-state index >= 15 is 0 Å². The quantitative estimate of drug-likeness (QED) is 0.704. The van der Waals surface area contributed by atoms with Crippen LogP contribution >= 0.6 is 24.0 Å². The van der Waals surface area contributed by atoms with Gasteiger partial charge in [0.1, 0.15) is 5.75 Å². The van der Waals surface area contributed by atoms with Crippen LogP contribution in [0.1, 0.15) is 19.8 Å². The van der Waals surface area contributed by atoms with E-state index in [0.717, 1.165) is 6.42 Å². The van der Waals surface area contributed by atoms with Crippen molar-refractivity contribution in [1.82, 2.24) is 0 Å². The molecule has 0 heterocycles. The molecule has 21 heavy (non-hydrogen) atoms. The standard InChI is InChI=1S/C13H18ClN3O3.ClH/c1-2-5-20-11-4-3-8(6-9(11)14)17-13(19)10(15)7-12(16)18;/h3-4,6,10H,2,5,7,15H2,1H3,(H2,16,18)(H,17,19);1H. The second-order valence-corrected chi connectivity index (χ2v) is 4.67. The summed E-state index contributed by atoms with van der Waals surface area (Å²) < 4.78 is 5.42. The Labute approximate surface area is 134 Å². The van der Waals surface area contributed by atoms with Crippen LogP contribution in [-0.2, 0) is 9.59 Å². The summed E-state index contributed by atoms with van der Waals surface area (Å²) in [5.74, 6) is -0.580. The summed E-state index contributed by atoms with van der Waals surface area (Å²) in [6.07, 6.45) is 0.661. The maximum atomic E-state index is 11.7. The third-order valence-corrected chi connectivity index (χ3v) is 2.71. The van der Waals surface area contributed by atoms with Crippen LogP contribution in [-0.4, -0.2) is 24.5 Å². The first-order valence-electron chi connectivity index (χ1n) is 6.21. The molecule has 0 aliphatic carbocycles. The van der Waals surface area contributed by atoms with Crippen molar-refractivity contribution < 1.29 is 14.3 Å². The van der Waals surface area contributed by atoms with Gasteiger partial charge in [0.05, 0.1) is 24.1 Å². The van der Waals surface area contributed by atoms with Crippen LogP contribution in [0.5, 0.6) is 5.75 Å². The molecule has 0 aromatic heterocycles. The second-order valence-electron chi connectivity index (χ2n) is 4.26. The summed E-state index contributed by atoms with van der Waals surface area (Å²) in [7, 11) is 0. The summed E-state index contributed by atoms with van der Waals surface area (Å²) in [5, 5.41) is 2.95. The molecule has 1 aromatic carbocycles. The molecule has 0 fully saturated rings. The first-order chi connectivity index (χ1) is 9.43. The highest BCUT2D eigenvalue weighted by molar-refractivity contribution is 6.32. The molecule has 8 heteroatoms. The summed E-state index contributed by atoms with van der Waals surface area (Å²) >= 11 is 6.03. The molecule has 0 aliphatic heterocycles. The van der Waals surface area contributed by atoms with Gasteiger partial charge in [-0.15, -0.1) is 12.4 Å². The van der Waals surface area contributed by atoms with Crippen LogP contribution in [0.15, 0.2) is 18.2 Å². The van der Waals surface area contributed by atoms with Crippen molar-refractivity contribution in [2.24, 2.45) is 11.5 Å². The summed E-state index contributed by atoms with van der Waals surface area (Å²) in [5.41, 5.74) is 11.0. The number of benzene rings is 1. The molecular formula is C13H19Cl2N3O3. The van der Waals surface area contributed by atoms with Gasteiger partial charge in [0, 0.05) is 5.69 Å². The van der Waals surface area contributed by atoms with E-state index in [1.54, 1.807) is 18.2 Å². The third kappa shape index (κ3) is 6.66. The van der Waals surface area contributed by atoms with Crippen LogP contribution in [0.3, 0.4) is 0 Å². The number of rotatable bonds is 7. The van der Waals surface area contributed by atoms with Gasteiger partial charge in [0.25, 0.3) is 0 Å². The Hall–Kier alpha value is -1.50. The highest BCUT2D eigenvalue weighted by Gasteiger charge is 2.16. The lowest BCUT2D eigenvalue weighted by molar-refractivity contribution is -0.123. The third-order valence-electron chi connectivity index (χ3n) is 2.42. The highest BCUT2D eigenvalue weighted by atomic mass is 35.5. The Morgan fingerprint density at radius 1 is 1.43 bits per heavy atom. The van der Waals surface area contributed by atoms with E-state index in [4.69, 9.17) is 27.8 Å². The topological polar surface area (TPSA) is 107 Å². The van der Waals surface area contributed by atoms with Crippen molar-refractivity contribution in [2.45, 2.75) is 25.8 Å². The van der Waals surface area contributed by atoms with Crippen LogP contribution in [0, 0.1) is 0 Å². The largest absolute Gasteiger partial charge is 0.492 e. The van der Waals surface area contributed by atoms with Crippen molar-refractivity contribution in [3.8, 4) is 5.75 Å².